The van der Waals surface area contributed by atoms with E-state index in [9.17, 15) is 14.9 Å². The fourth-order valence-corrected chi connectivity index (χ4v) is 1.32. The Hall–Kier alpha value is -1.95. The Morgan fingerprint density at radius 3 is 2.50 bits per heavy atom. The summed E-state index contributed by atoms with van der Waals surface area (Å²) in [5, 5.41) is 10.8. The lowest BCUT2D eigenvalue weighted by molar-refractivity contribution is -0.385. The number of nitro groups is 1. The first-order valence-electron chi connectivity index (χ1n) is 5.45. The SMILES string of the molecule is Cc1c(C(=O)NOC(C)(C)C)cccc1[N+](=O)[O-]. The lowest BCUT2D eigenvalue weighted by atomic mass is 10.1. The molecule has 0 aliphatic carbocycles. The molecule has 98 valence electrons. The van der Waals surface area contributed by atoms with Crippen molar-refractivity contribution in [2.75, 3.05) is 0 Å². The second kappa shape index (κ2) is 5.14. The largest absolute Gasteiger partial charge is 0.275 e. The number of hydrogen-bond acceptors (Lipinski definition) is 4. The van der Waals surface area contributed by atoms with E-state index in [-0.39, 0.29) is 11.3 Å². The molecule has 0 atom stereocenters. The quantitative estimate of drug-likeness (QED) is 0.661. The van der Waals surface area contributed by atoms with E-state index in [1.165, 1.54) is 25.1 Å². The highest BCUT2D eigenvalue weighted by molar-refractivity contribution is 5.95. The van der Waals surface area contributed by atoms with Crippen LogP contribution in [0.1, 0.15) is 36.7 Å². The lowest BCUT2D eigenvalue weighted by Gasteiger charge is -2.19. The first kappa shape index (κ1) is 14.1. The Morgan fingerprint density at radius 1 is 1.39 bits per heavy atom. The normalized spacial score (nSPS) is 11.1. The van der Waals surface area contributed by atoms with Gasteiger partial charge in [0, 0.05) is 11.6 Å². The monoisotopic (exact) mass is 252 g/mol. The molecule has 1 rings (SSSR count). The van der Waals surface area contributed by atoms with Gasteiger partial charge in [-0.1, -0.05) is 6.07 Å². The number of nitro benzene ring substituents is 1. The highest BCUT2D eigenvalue weighted by Gasteiger charge is 2.19. The van der Waals surface area contributed by atoms with Crippen molar-refractivity contribution in [1.82, 2.24) is 5.48 Å². The number of carbonyl (C=O) groups is 1. The summed E-state index contributed by atoms with van der Waals surface area (Å²) in [4.78, 5) is 27.2. The van der Waals surface area contributed by atoms with E-state index in [0.29, 0.717) is 5.56 Å². The molecule has 0 aliphatic heterocycles. The maximum absolute atomic E-state index is 11.8. The van der Waals surface area contributed by atoms with Crippen LogP contribution in [0.4, 0.5) is 5.69 Å². The topological polar surface area (TPSA) is 81.5 Å². The third kappa shape index (κ3) is 3.53. The van der Waals surface area contributed by atoms with E-state index in [1.54, 1.807) is 20.8 Å². The second-order valence-corrected chi connectivity index (χ2v) is 4.85. The number of nitrogens with one attached hydrogen (secondary N) is 1. The van der Waals surface area contributed by atoms with Crippen LogP contribution in [0.3, 0.4) is 0 Å². The molecule has 0 spiro atoms. The molecule has 0 radical (unpaired) electrons. The molecule has 6 nitrogen and oxygen atoms in total. The highest BCUT2D eigenvalue weighted by Crippen LogP contribution is 2.21. The van der Waals surface area contributed by atoms with Crippen LogP contribution in [-0.4, -0.2) is 16.4 Å². The van der Waals surface area contributed by atoms with Gasteiger partial charge in [0.05, 0.1) is 16.1 Å². The third-order valence-electron chi connectivity index (χ3n) is 2.20. The average Bonchev–Trinajstić information content (AvgIpc) is 2.24. The Balaban J connectivity index is 2.93. The van der Waals surface area contributed by atoms with Crippen molar-refractivity contribution in [2.24, 2.45) is 0 Å². The van der Waals surface area contributed by atoms with Gasteiger partial charge in [-0.05, 0) is 33.8 Å². The molecule has 0 aromatic heterocycles. The number of carbonyl (C=O) groups excluding carboxylic acids is 1. The lowest BCUT2D eigenvalue weighted by Crippen LogP contribution is -2.33. The van der Waals surface area contributed by atoms with Gasteiger partial charge in [0.2, 0.25) is 0 Å². The van der Waals surface area contributed by atoms with E-state index >= 15 is 0 Å². The summed E-state index contributed by atoms with van der Waals surface area (Å²) in [6, 6.07) is 4.34. The van der Waals surface area contributed by atoms with Crippen molar-refractivity contribution >= 4 is 11.6 Å². The van der Waals surface area contributed by atoms with Gasteiger partial charge in [-0.3, -0.25) is 19.7 Å². The van der Waals surface area contributed by atoms with Gasteiger partial charge in [-0.25, -0.2) is 5.48 Å². The molecule has 1 amide bonds. The van der Waals surface area contributed by atoms with Crippen molar-refractivity contribution in [1.29, 1.82) is 0 Å². The summed E-state index contributed by atoms with van der Waals surface area (Å²) in [6.45, 7) is 6.89. The van der Waals surface area contributed by atoms with Crippen molar-refractivity contribution in [3.8, 4) is 0 Å². The fraction of sp³-hybridized carbons (Fsp3) is 0.417. The van der Waals surface area contributed by atoms with Gasteiger partial charge in [0.25, 0.3) is 11.6 Å². The second-order valence-electron chi connectivity index (χ2n) is 4.85. The maximum Gasteiger partial charge on any atom is 0.275 e. The zero-order chi connectivity index (χ0) is 13.9. The molecule has 0 fully saturated rings. The molecule has 0 heterocycles. The molecule has 0 saturated heterocycles. The molecule has 1 N–H and O–H groups in total. The molecular weight excluding hydrogens is 236 g/mol. The van der Waals surface area contributed by atoms with E-state index in [4.69, 9.17) is 4.84 Å². The maximum atomic E-state index is 11.8. The summed E-state index contributed by atoms with van der Waals surface area (Å²) in [6.07, 6.45) is 0. The van der Waals surface area contributed by atoms with Gasteiger partial charge in [-0.2, -0.15) is 0 Å². The van der Waals surface area contributed by atoms with Gasteiger partial charge in [-0.15, -0.1) is 0 Å². The summed E-state index contributed by atoms with van der Waals surface area (Å²) < 4.78 is 0. The van der Waals surface area contributed by atoms with Gasteiger partial charge >= 0.3 is 0 Å². The van der Waals surface area contributed by atoms with Crippen LogP contribution in [-0.2, 0) is 4.84 Å². The van der Waals surface area contributed by atoms with Gasteiger partial charge in [0.1, 0.15) is 0 Å². The van der Waals surface area contributed by atoms with Crippen molar-refractivity contribution in [2.45, 2.75) is 33.3 Å². The Bertz CT molecular complexity index is 477. The van der Waals surface area contributed by atoms with Crippen LogP contribution in [0.2, 0.25) is 0 Å². The van der Waals surface area contributed by atoms with Gasteiger partial charge < -0.3 is 0 Å². The Morgan fingerprint density at radius 2 is 2.00 bits per heavy atom. The van der Waals surface area contributed by atoms with Crippen LogP contribution in [0.15, 0.2) is 18.2 Å². The smallest absolute Gasteiger partial charge is 0.268 e. The van der Waals surface area contributed by atoms with Gasteiger partial charge in [0.15, 0.2) is 0 Å². The molecule has 0 saturated carbocycles. The Labute approximate surface area is 105 Å². The van der Waals surface area contributed by atoms with Crippen LogP contribution < -0.4 is 5.48 Å². The predicted octanol–water partition coefficient (Wildman–Crippen LogP) is 2.36. The predicted molar refractivity (Wildman–Crippen MR) is 66.1 cm³/mol. The zero-order valence-corrected chi connectivity index (χ0v) is 10.8. The number of amides is 1. The molecule has 1 aromatic rings. The highest BCUT2D eigenvalue weighted by atomic mass is 16.7. The molecule has 6 heteroatoms. The Kier molecular flexibility index (Phi) is 4.03. The van der Waals surface area contributed by atoms with E-state index in [2.05, 4.69) is 5.48 Å². The zero-order valence-electron chi connectivity index (χ0n) is 10.8. The van der Waals surface area contributed by atoms with E-state index < -0.39 is 16.4 Å². The first-order chi connectivity index (χ1) is 8.22. The number of hydroxylamine groups is 1. The minimum Gasteiger partial charge on any atom is -0.268 e. The molecule has 18 heavy (non-hydrogen) atoms. The minimum atomic E-state index is -0.524. The number of hydrogen-bond donors (Lipinski definition) is 1. The first-order valence-corrected chi connectivity index (χ1v) is 5.45. The summed E-state index contributed by atoms with van der Waals surface area (Å²) in [5.74, 6) is -0.494. The van der Waals surface area contributed by atoms with E-state index in [0.717, 1.165) is 0 Å². The summed E-state index contributed by atoms with van der Waals surface area (Å²) in [7, 11) is 0. The van der Waals surface area contributed by atoms with Crippen molar-refractivity contribution in [3.63, 3.8) is 0 Å². The molecular formula is C12H16N2O4. The molecule has 0 bridgehead atoms. The number of nitrogens with zero attached hydrogens (tertiary/aromatic N) is 1. The number of benzene rings is 1. The van der Waals surface area contributed by atoms with Crippen LogP contribution >= 0.6 is 0 Å². The molecule has 1 aromatic carbocycles. The summed E-state index contributed by atoms with van der Waals surface area (Å²) in [5.41, 5.74) is 2.22. The van der Waals surface area contributed by atoms with Crippen LogP contribution in [0.25, 0.3) is 0 Å². The average molecular weight is 252 g/mol. The summed E-state index contributed by atoms with van der Waals surface area (Å²) >= 11 is 0. The minimum absolute atomic E-state index is 0.0848. The fourth-order valence-electron chi connectivity index (χ4n) is 1.32. The third-order valence-corrected chi connectivity index (χ3v) is 2.20. The molecule has 0 unspecified atom stereocenters. The molecule has 0 aliphatic rings. The van der Waals surface area contributed by atoms with Crippen LogP contribution in [0, 0.1) is 17.0 Å². The van der Waals surface area contributed by atoms with Crippen molar-refractivity contribution < 1.29 is 14.6 Å². The standard InChI is InChI=1S/C12H16N2O4/c1-8-9(6-5-7-10(8)14(16)17)11(15)13-18-12(2,3)4/h5-7H,1-4H3,(H,13,15). The van der Waals surface area contributed by atoms with Crippen LogP contribution in [0.5, 0.6) is 0 Å². The number of rotatable bonds is 3. The van der Waals surface area contributed by atoms with Crippen molar-refractivity contribution in [3.05, 3.63) is 39.4 Å². The van der Waals surface area contributed by atoms with E-state index in [1.807, 2.05) is 0 Å².